The molecule has 0 bridgehead atoms. The van der Waals surface area contributed by atoms with Crippen LogP contribution in [0, 0.1) is 17.3 Å². The minimum atomic E-state index is 0.130. The Morgan fingerprint density at radius 2 is 2.08 bits per heavy atom. The molecule has 1 N–H and O–H groups in total. The first kappa shape index (κ1) is 16.0. The molecular formula is C21H29NO2. The summed E-state index contributed by atoms with van der Waals surface area (Å²) in [6.07, 6.45) is 7.37. The van der Waals surface area contributed by atoms with Gasteiger partial charge in [-0.1, -0.05) is 13.0 Å². The Kier molecular flexibility index (Phi) is 3.85. The summed E-state index contributed by atoms with van der Waals surface area (Å²) in [5.41, 5.74) is 3.35. The van der Waals surface area contributed by atoms with Gasteiger partial charge < -0.3 is 10.1 Å². The third-order valence-electron chi connectivity index (χ3n) is 7.31. The summed E-state index contributed by atoms with van der Waals surface area (Å²) < 4.78 is 5.41. The molecule has 0 heterocycles. The Balaban J connectivity index is 1.62. The van der Waals surface area contributed by atoms with E-state index < -0.39 is 0 Å². The molecule has 0 saturated heterocycles. The standard InChI is InChI=1S/C21H29NO2/c1-13(23)22-20-9-8-19-18-6-4-14-12-15(24-3)5-7-16(14)17(18)10-11-21(19,20)2/h5,7,12,17-20H,4,6,8-11H2,1-3H3,(H,22,23)/t17-,18-,19+,20-,21+/m1/s1. The number of nitrogens with one attached hydrogen (secondary N) is 1. The zero-order valence-corrected chi connectivity index (χ0v) is 15.1. The number of methoxy groups -OCH3 is 1. The second-order valence-electron chi connectivity index (χ2n) is 8.36. The molecule has 0 spiro atoms. The van der Waals surface area contributed by atoms with Gasteiger partial charge in [0.25, 0.3) is 0 Å². The first-order chi connectivity index (χ1) is 11.5. The van der Waals surface area contributed by atoms with E-state index in [0.29, 0.717) is 12.0 Å². The molecule has 2 fully saturated rings. The van der Waals surface area contributed by atoms with Gasteiger partial charge >= 0.3 is 0 Å². The summed E-state index contributed by atoms with van der Waals surface area (Å²) in [4.78, 5) is 11.6. The van der Waals surface area contributed by atoms with E-state index in [1.54, 1.807) is 19.6 Å². The van der Waals surface area contributed by atoms with Gasteiger partial charge in [-0.2, -0.15) is 0 Å². The summed E-state index contributed by atoms with van der Waals surface area (Å²) in [5, 5.41) is 3.26. The summed E-state index contributed by atoms with van der Waals surface area (Å²) in [7, 11) is 1.75. The van der Waals surface area contributed by atoms with E-state index in [9.17, 15) is 4.79 Å². The molecule has 2 saturated carbocycles. The molecule has 1 aromatic carbocycles. The van der Waals surface area contributed by atoms with Crippen molar-refractivity contribution in [2.75, 3.05) is 7.11 Å². The largest absolute Gasteiger partial charge is 0.497 e. The second kappa shape index (κ2) is 5.79. The lowest BCUT2D eigenvalue weighted by Gasteiger charge is -2.51. The average Bonchev–Trinajstić information content (AvgIpc) is 2.90. The van der Waals surface area contributed by atoms with E-state index in [4.69, 9.17) is 4.74 Å². The molecule has 1 amide bonds. The van der Waals surface area contributed by atoms with Crippen molar-refractivity contribution in [3.63, 3.8) is 0 Å². The third-order valence-corrected chi connectivity index (χ3v) is 7.31. The smallest absolute Gasteiger partial charge is 0.217 e. The maximum absolute atomic E-state index is 11.6. The van der Waals surface area contributed by atoms with E-state index in [2.05, 4.69) is 30.4 Å². The van der Waals surface area contributed by atoms with Crippen molar-refractivity contribution in [3.8, 4) is 5.75 Å². The highest BCUT2D eigenvalue weighted by Gasteiger charge is 2.54. The molecular weight excluding hydrogens is 298 g/mol. The van der Waals surface area contributed by atoms with Crippen LogP contribution in [0.2, 0.25) is 0 Å². The van der Waals surface area contributed by atoms with E-state index in [-0.39, 0.29) is 11.3 Å². The number of hydrogen-bond acceptors (Lipinski definition) is 2. The van der Waals surface area contributed by atoms with Crippen LogP contribution >= 0.6 is 0 Å². The van der Waals surface area contributed by atoms with Crippen LogP contribution in [-0.2, 0) is 11.2 Å². The number of carbonyl (C=O) groups excluding carboxylic acids is 1. The van der Waals surface area contributed by atoms with Crippen molar-refractivity contribution in [2.45, 2.75) is 64.3 Å². The van der Waals surface area contributed by atoms with Gasteiger partial charge in [0.15, 0.2) is 0 Å². The van der Waals surface area contributed by atoms with Gasteiger partial charge in [0.2, 0.25) is 5.91 Å². The maximum atomic E-state index is 11.6. The minimum absolute atomic E-state index is 0.130. The lowest BCUT2D eigenvalue weighted by molar-refractivity contribution is -0.120. The number of carbonyl (C=O) groups is 1. The minimum Gasteiger partial charge on any atom is -0.497 e. The quantitative estimate of drug-likeness (QED) is 0.890. The molecule has 4 rings (SSSR count). The van der Waals surface area contributed by atoms with Gasteiger partial charge in [-0.15, -0.1) is 0 Å². The van der Waals surface area contributed by atoms with Gasteiger partial charge in [-0.05, 0) is 85.0 Å². The fraction of sp³-hybridized carbons (Fsp3) is 0.667. The predicted molar refractivity (Wildman–Crippen MR) is 95.2 cm³/mol. The number of benzene rings is 1. The van der Waals surface area contributed by atoms with Crippen molar-refractivity contribution in [1.29, 1.82) is 0 Å². The molecule has 3 nitrogen and oxygen atoms in total. The molecule has 1 aromatic rings. The molecule has 0 aliphatic heterocycles. The lowest BCUT2D eigenvalue weighted by atomic mass is 9.55. The molecule has 130 valence electrons. The van der Waals surface area contributed by atoms with Crippen LogP contribution < -0.4 is 10.1 Å². The zero-order valence-electron chi connectivity index (χ0n) is 15.1. The van der Waals surface area contributed by atoms with Crippen LogP contribution in [0.4, 0.5) is 0 Å². The van der Waals surface area contributed by atoms with Crippen LogP contribution in [0.1, 0.15) is 63.0 Å². The van der Waals surface area contributed by atoms with Crippen LogP contribution in [-0.4, -0.2) is 19.1 Å². The molecule has 0 radical (unpaired) electrons. The Morgan fingerprint density at radius 1 is 1.25 bits per heavy atom. The SMILES string of the molecule is COc1ccc2c(c1)CC[C@@H]1[C@@H]2CC[C@]2(C)[C@H](NC(C)=O)CC[C@@H]12. The molecule has 24 heavy (non-hydrogen) atoms. The highest BCUT2D eigenvalue weighted by Crippen LogP contribution is 2.60. The van der Waals surface area contributed by atoms with Crippen LogP contribution in [0.25, 0.3) is 0 Å². The van der Waals surface area contributed by atoms with Crippen molar-refractivity contribution < 1.29 is 9.53 Å². The van der Waals surface area contributed by atoms with Crippen molar-refractivity contribution in [2.24, 2.45) is 17.3 Å². The Morgan fingerprint density at radius 3 is 2.83 bits per heavy atom. The van der Waals surface area contributed by atoms with Crippen molar-refractivity contribution >= 4 is 5.91 Å². The maximum Gasteiger partial charge on any atom is 0.217 e. The van der Waals surface area contributed by atoms with E-state index in [1.807, 2.05) is 0 Å². The average molecular weight is 327 g/mol. The first-order valence-corrected chi connectivity index (χ1v) is 9.47. The van der Waals surface area contributed by atoms with E-state index in [1.165, 1.54) is 37.7 Å². The van der Waals surface area contributed by atoms with Crippen LogP contribution in [0.15, 0.2) is 18.2 Å². The molecule has 0 unspecified atom stereocenters. The number of amides is 1. The first-order valence-electron chi connectivity index (χ1n) is 9.47. The fourth-order valence-corrected chi connectivity index (χ4v) is 6.17. The van der Waals surface area contributed by atoms with Crippen molar-refractivity contribution in [1.82, 2.24) is 5.32 Å². The van der Waals surface area contributed by atoms with E-state index >= 15 is 0 Å². The second-order valence-corrected chi connectivity index (χ2v) is 8.36. The molecule has 5 atom stereocenters. The Bertz CT molecular complexity index is 655. The van der Waals surface area contributed by atoms with Gasteiger partial charge in [0, 0.05) is 13.0 Å². The number of ether oxygens (including phenoxy) is 1. The molecule has 3 heteroatoms. The number of fused-ring (bicyclic) bond motifs is 5. The normalized spacial score (nSPS) is 37.1. The van der Waals surface area contributed by atoms with Gasteiger partial charge in [-0.25, -0.2) is 0 Å². The fourth-order valence-electron chi connectivity index (χ4n) is 6.17. The number of hydrogen-bond donors (Lipinski definition) is 1. The highest BCUT2D eigenvalue weighted by atomic mass is 16.5. The van der Waals surface area contributed by atoms with Crippen LogP contribution in [0.5, 0.6) is 5.75 Å². The predicted octanol–water partition coefficient (Wildman–Crippen LogP) is 4.06. The highest BCUT2D eigenvalue weighted by molar-refractivity contribution is 5.73. The third kappa shape index (κ3) is 2.35. The monoisotopic (exact) mass is 327 g/mol. The van der Waals surface area contributed by atoms with Gasteiger partial charge in [0.1, 0.15) is 5.75 Å². The lowest BCUT2D eigenvalue weighted by Crippen LogP contribution is -2.49. The summed E-state index contributed by atoms with van der Waals surface area (Å²) in [5.74, 6) is 3.35. The van der Waals surface area contributed by atoms with Crippen LogP contribution in [0.3, 0.4) is 0 Å². The molecule has 3 aliphatic rings. The summed E-state index contributed by atoms with van der Waals surface area (Å²) >= 11 is 0. The Hall–Kier alpha value is -1.51. The van der Waals surface area contributed by atoms with Crippen molar-refractivity contribution in [3.05, 3.63) is 29.3 Å². The topological polar surface area (TPSA) is 38.3 Å². The zero-order chi connectivity index (χ0) is 16.9. The Labute approximate surface area is 145 Å². The number of aryl methyl sites for hydroxylation is 1. The van der Waals surface area contributed by atoms with E-state index in [0.717, 1.165) is 24.0 Å². The summed E-state index contributed by atoms with van der Waals surface area (Å²) in [6.45, 7) is 4.09. The molecule has 0 aromatic heterocycles. The van der Waals surface area contributed by atoms with Gasteiger partial charge in [0.05, 0.1) is 7.11 Å². The number of rotatable bonds is 2. The summed E-state index contributed by atoms with van der Waals surface area (Å²) in [6, 6.07) is 7.06. The van der Waals surface area contributed by atoms with Gasteiger partial charge in [-0.3, -0.25) is 4.79 Å². The molecule has 3 aliphatic carbocycles.